The predicted molar refractivity (Wildman–Crippen MR) is 56.1 cm³/mol. The van der Waals surface area contributed by atoms with Crippen LogP contribution in [0, 0.1) is 6.92 Å². The average Bonchev–Trinajstić information content (AvgIpc) is 2.62. The van der Waals surface area contributed by atoms with Crippen LogP contribution in [0.25, 0.3) is 0 Å². The Morgan fingerprint density at radius 1 is 1.54 bits per heavy atom. The van der Waals surface area contributed by atoms with Gasteiger partial charge in [-0.05, 0) is 31.5 Å². The predicted octanol–water partition coefficient (Wildman–Crippen LogP) is 1.84. The Balaban J connectivity index is 1.97. The maximum absolute atomic E-state index is 4.38. The van der Waals surface area contributed by atoms with E-state index in [4.69, 9.17) is 0 Å². The molecule has 1 aromatic rings. The summed E-state index contributed by atoms with van der Waals surface area (Å²) in [6.07, 6.45) is 3.20. The molecule has 1 atom stereocenters. The van der Waals surface area contributed by atoms with Crippen molar-refractivity contribution < 1.29 is 0 Å². The van der Waals surface area contributed by atoms with E-state index < -0.39 is 0 Å². The van der Waals surface area contributed by atoms with Crippen molar-refractivity contribution in [1.29, 1.82) is 0 Å². The van der Waals surface area contributed by atoms with E-state index in [1.807, 2.05) is 18.0 Å². The summed E-state index contributed by atoms with van der Waals surface area (Å²) in [6.45, 7) is 4.35. The van der Waals surface area contributed by atoms with E-state index in [1.54, 1.807) is 0 Å². The van der Waals surface area contributed by atoms with Crippen LogP contribution < -0.4 is 5.32 Å². The van der Waals surface area contributed by atoms with Gasteiger partial charge in [-0.25, -0.2) is 4.98 Å². The minimum absolute atomic E-state index is 0.718. The quantitative estimate of drug-likeness (QED) is 0.777. The molecule has 0 aliphatic carbocycles. The topological polar surface area (TPSA) is 24.9 Å². The standard InChI is InChI=1S/C10H14N2S/c1-8-2-3-10(12-6-8)13-9-4-5-11-7-9/h2-3,6,9,11H,4-5,7H2,1H3. The first-order chi connectivity index (χ1) is 6.34. The fraction of sp³-hybridized carbons (Fsp3) is 0.500. The highest BCUT2D eigenvalue weighted by Crippen LogP contribution is 2.24. The molecule has 0 saturated carbocycles. The molecule has 0 aromatic carbocycles. The van der Waals surface area contributed by atoms with Crippen LogP contribution in [0.3, 0.4) is 0 Å². The number of hydrogen-bond donors (Lipinski definition) is 1. The molecule has 1 aromatic heterocycles. The summed E-state index contributed by atoms with van der Waals surface area (Å²) in [5.41, 5.74) is 1.23. The van der Waals surface area contributed by atoms with E-state index in [0.717, 1.165) is 23.4 Å². The maximum Gasteiger partial charge on any atom is 0.0963 e. The van der Waals surface area contributed by atoms with Gasteiger partial charge < -0.3 is 5.32 Å². The van der Waals surface area contributed by atoms with E-state index in [1.165, 1.54) is 12.0 Å². The molecule has 0 bridgehead atoms. The third kappa shape index (κ3) is 2.45. The highest BCUT2D eigenvalue weighted by molar-refractivity contribution is 7.99. The minimum Gasteiger partial charge on any atom is -0.316 e. The molecule has 13 heavy (non-hydrogen) atoms. The molecule has 2 rings (SSSR count). The second-order valence-electron chi connectivity index (χ2n) is 3.41. The monoisotopic (exact) mass is 194 g/mol. The smallest absolute Gasteiger partial charge is 0.0963 e. The Kier molecular flexibility index (Phi) is 2.86. The van der Waals surface area contributed by atoms with Gasteiger partial charge in [0.15, 0.2) is 0 Å². The van der Waals surface area contributed by atoms with Gasteiger partial charge in [-0.3, -0.25) is 0 Å². The van der Waals surface area contributed by atoms with Crippen molar-refractivity contribution in [2.45, 2.75) is 23.6 Å². The lowest BCUT2D eigenvalue weighted by atomic mass is 10.3. The number of nitrogens with one attached hydrogen (secondary N) is 1. The summed E-state index contributed by atoms with van der Waals surface area (Å²) in [7, 11) is 0. The first kappa shape index (κ1) is 9.03. The SMILES string of the molecule is Cc1ccc(SC2CCNC2)nc1. The Labute approximate surface area is 83.1 Å². The Morgan fingerprint density at radius 2 is 2.46 bits per heavy atom. The van der Waals surface area contributed by atoms with Crippen molar-refractivity contribution in [3.05, 3.63) is 23.9 Å². The van der Waals surface area contributed by atoms with Gasteiger partial charge in [0.05, 0.1) is 5.03 Å². The second-order valence-corrected chi connectivity index (χ2v) is 4.73. The Hall–Kier alpha value is -0.540. The van der Waals surface area contributed by atoms with Gasteiger partial charge in [-0.2, -0.15) is 0 Å². The van der Waals surface area contributed by atoms with E-state index in [9.17, 15) is 0 Å². The van der Waals surface area contributed by atoms with Gasteiger partial charge in [-0.1, -0.05) is 6.07 Å². The van der Waals surface area contributed by atoms with Crippen LogP contribution in [0.2, 0.25) is 0 Å². The summed E-state index contributed by atoms with van der Waals surface area (Å²) in [5, 5.41) is 5.23. The first-order valence-corrected chi connectivity index (χ1v) is 5.52. The Morgan fingerprint density at radius 3 is 3.08 bits per heavy atom. The normalized spacial score (nSPS) is 22.1. The largest absolute Gasteiger partial charge is 0.316 e. The second kappa shape index (κ2) is 4.11. The number of hydrogen-bond acceptors (Lipinski definition) is 3. The van der Waals surface area contributed by atoms with Gasteiger partial charge in [0, 0.05) is 18.0 Å². The highest BCUT2D eigenvalue weighted by Gasteiger charge is 2.15. The molecule has 0 radical (unpaired) electrons. The van der Waals surface area contributed by atoms with Crippen LogP contribution in [-0.2, 0) is 0 Å². The third-order valence-corrected chi connectivity index (χ3v) is 3.41. The number of thioether (sulfide) groups is 1. The van der Waals surface area contributed by atoms with E-state index in [2.05, 4.69) is 29.4 Å². The van der Waals surface area contributed by atoms with Crippen LogP contribution in [-0.4, -0.2) is 23.3 Å². The van der Waals surface area contributed by atoms with Crippen LogP contribution >= 0.6 is 11.8 Å². The van der Waals surface area contributed by atoms with E-state index in [0.29, 0.717) is 0 Å². The molecule has 70 valence electrons. The lowest BCUT2D eigenvalue weighted by molar-refractivity contribution is 0.858. The first-order valence-electron chi connectivity index (χ1n) is 4.64. The maximum atomic E-state index is 4.38. The van der Waals surface area contributed by atoms with E-state index in [-0.39, 0.29) is 0 Å². The number of rotatable bonds is 2. The molecule has 1 N–H and O–H groups in total. The van der Waals surface area contributed by atoms with Crippen LogP contribution in [0.1, 0.15) is 12.0 Å². The summed E-state index contributed by atoms with van der Waals surface area (Å²) < 4.78 is 0. The molecule has 3 heteroatoms. The van der Waals surface area contributed by atoms with Crippen LogP contribution in [0.4, 0.5) is 0 Å². The highest BCUT2D eigenvalue weighted by atomic mass is 32.2. The lowest BCUT2D eigenvalue weighted by Crippen LogP contribution is -2.10. The van der Waals surface area contributed by atoms with Crippen molar-refractivity contribution >= 4 is 11.8 Å². The number of aromatic nitrogens is 1. The molecule has 2 heterocycles. The molecular formula is C10H14N2S. The fourth-order valence-electron chi connectivity index (χ4n) is 1.42. The van der Waals surface area contributed by atoms with Crippen molar-refractivity contribution in [3.8, 4) is 0 Å². The van der Waals surface area contributed by atoms with Gasteiger partial charge in [0.25, 0.3) is 0 Å². The average molecular weight is 194 g/mol. The van der Waals surface area contributed by atoms with Crippen molar-refractivity contribution in [3.63, 3.8) is 0 Å². The van der Waals surface area contributed by atoms with Crippen molar-refractivity contribution in [2.24, 2.45) is 0 Å². The van der Waals surface area contributed by atoms with Crippen molar-refractivity contribution in [2.75, 3.05) is 13.1 Å². The number of aryl methyl sites for hydroxylation is 1. The summed E-state index contributed by atoms with van der Waals surface area (Å²) in [5.74, 6) is 0. The zero-order valence-corrected chi connectivity index (χ0v) is 8.60. The molecular weight excluding hydrogens is 180 g/mol. The van der Waals surface area contributed by atoms with Gasteiger partial charge >= 0.3 is 0 Å². The number of nitrogens with zero attached hydrogens (tertiary/aromatic N) is 1. The van der Waals surface area contributed by atoms with E-state index >= 15 is 0 Å². The summed E-state index contributed by atoms with van der Waals surface area (Å²) in [4.78, 5) is 4.38. The molecule has 1 fully saturated rings. The van der Waals surface area contributed by atoms with Crippen molar-refractivity contribution in [1.82, 2.24) is 10.3 Å². The molecule has 2 nitrogen and oxygen atoms in total. The van der Waals surface area contributed by atoms with Gasteiger partial charge in [0.2, 0.25) is 0 Å². The molecule has 1 unspecified atom stereocenters. The fourth-order valence-corrected chi connectivity index (χ4v) is 2.46. The summed E-state index contributed by atoms with van der Waals surface area (Å²) >= 11 is 1.89. The molecule has 1 aliphatic heterocycles. The van der Waals surface area contributed by atoms with Crippen LogP contribution in [0.15, 0.2) is 23.4 Å². The Bertz CT molecular complexity index is 265. The molecule has 1 aliphatic rings. The molecule has 1 saturated heterocycles. The van der Waals surface area contributed by atoms with Crippen LogP contribution in [0.5, 0.6) is 0 Å². The molecule has 0 amide bonds. The zero-order valence-electron chi connectivity index (χ0n) is 7.79. The zero-order chi connectivity index (χ0) is 9.10. The van der Waals surface area contributed by atoms with Gasteiger partial charge in [-0.15, -0.1) is 11.8 Å². The van der Waals surface area contributed by atoms with Gasteiger partial charge in [0.1, 0.15) is 0 Å². The number of pyridine rings is 1. The third-order valence-electron chi connectivity index (χ3n) is 2.19. The minimum atomic E-state index is 0.718. The lowest BCUT2D eigenvalue weighted by Gasteiger charge is -2.06. The summed E-state index contributed by atoms with van der Waals surface area (Å²) in [6, 6.07) is 4.23. The molecule has 0 spiro atoms.